The van der Waals surface area contributed by atoms with Gasteiger partial charge in [0.05, 0.1) is 43.6 Å². The van der Waals surface area contributed by atoms with Crippen molar-refractivity contribution in [2.75, 3.05) is 55.3 Å². The molecule has 0 saturated heterocycles. The molecule has 18 nitrogen and oxygen atoms in total. The number of hydrogen-bond acceptors (Lipinski definition) is 12. The number of rotatable bonds is 24. The molecule has 18 heteroatoms. The highest BCUT2D eigenvalue weighted by molar-refractivity contribution is 6.11. The van der Waals surface area contributed by atoms with Crippen LogP contribution in [0.5, 0.6) is 28.7 Å². The number of carboxylic acid groups (broad SMARTS) is 1. The number of methoxy groups -OCH3 is 2. The molecule has 0 spiro atoms. The fraction of sp³-hybridized carbons (Fsp3) is 0.151. The van der Waals surface area contributed by atoms with E-state index in [4.69, 9.17) is 23.7 Å². The van der Waals surface area contributed by atoms with Gasteiger partial charge in [-0.2, -0.15) is 5.26 Å². The lowest BCUT2D eigenvalue weighted by Crippen LogP contribution is -2.43. The summed E-state index contributed by atoms with van der Waals surface area (Å²) < 4.78 is 28.0. The van der Waals surface area contributed by atoms with E-state index in [0.717, 1.165) is 5.56 Å². The van der Waals surface area contributed by atoms with Gasteiger partial charge < -0.3 is 55.4 Å². The van der Waals surface area contributed by atoms with E-state index in [0.29, 0.717) is 23.6 Å². The molecule has 1 atom stereocenters. The minimum Gasteiger partial charge on any atom is -0.491 e. The molecule has 71 heavy (non-hydrogen) atoms. The van der Waals surface area contributed by atoms with Crippen LogP contribution in [0.1, 0.15) is 60.3 Å². The first-order chi connectivity index (χ1) is 34.2. The number of amides is 5. The van der Waals surface area contributed by atoms with Crippen LogP contribution in [-0.4, -0.2) is 80.7 Å². The molecule has 0 aliphatic carbocycles. The SMILES string of the molecule is C=CCOc1ccc(C=C(C)C(=O)Nc2ccc(C(=O)NC(CC#N)C(=O)Nc3ccc(C(=O)Nc4ccc(C(=O)Nc5ccc(C(=O)O)c(OCC=C)c5OC)c(OCC=C)c4OC)cc3)cc2)cc1. The Labute approximate surface area is 409 Å². The summed E-state index contributed by atoms with van der Waals surface area (Å²) in [6.45, 7) is 12.8. The Hall–Kier alpha value is -9.63. The standard InChI is InChI=1S/C53H50N6O12/c1-7-28-69-38-20-10-33(11-21-38)31-32(4)48(60)55-36-16-12-35(13-17-36)50(62)59-43(26-27-54)52(64)56-37-18-14-34(15-19-37)49(61)57-41-24-22-39(44(46(41)67-5)70-29-8-2)51(63)58-42-25-23-40(53(65)66)45(47(42)68-6)71-30-9-3/h7-25,31,43H,1-3,26,28-30H2,4-6H3,(H,55,60)(H,56,64)(H,57,61)(H,58,63)(H,59,62)(H,65,66). The number of anilines is 4. The summed E-state index contributed by atoms with van der Waals surface area (Å²) in [5.74, 6) is -3.87. The van der Waals surface area contributed by atoms with E-state index in [2.05, 4.69) is 46.3 Å². The predicted molar refractivity (Wildman–Crippen MR) is 268 cm³/mol. The van der Waals surface area contributed by atoms with Crippen LogP contribution in [0.2, 0.25) is 0 Å². The van der Waals surface area contributed by atoms with Crippen molar-refractivity contribution in [3.8, 4) is 34.8 Å². The van der Waals surface area contributed by atoms with Gasteiger partial charge in [0.2, 0.25) is 5.91 Å². The van der Waals surface area contributed by atoms with E-state index in [1.807, 2.05) is 18.2 Å². The van der Waals surface area contributed by atoms with Gasteiger partial charge in [-0.25, -0.2) is 4.79 Å². The number of carboxylic acids is 1. The van der Waals surface area contributed by atoms with Crippen LogP contribution in [0, 0.1) is 11.3 Å². The lowest BCUT2D eigenvalue weighted by atomic mass is 10.1. The monoisotopic (exact) mass is 962 g/mol. The molecular weight excluding hydrogens is 913 g/mol. The second-order valence-corrected chi connectivity index (χ2v) is 14.9. The third-order valence-electron chi connectivity index (χ3n) is 10.0. The molecule has 0 saturated carbocycles. The molecule has 0 aliphatic rings. The summed E-state index contributed by atoms with van der Waals surface area (Å²) in [7, 11) is 2.60. The number of nitrogens with one attached hydrogen (secondary N) is 5. The Morgan fingerprint density at radius 3 is 1.62 bits per heavy atom. The molecule has 5 amide bonds. The summed E-state index contributed by atoms with van der Waals surface area (Å²) in [6.07, 6.45) is 5.86. The number of ether oxygens (including phenoxy) is 5. The van der Waals surface area contributed by atoms with Crippen LogP contribution in [0.3, 0.4) is 0 Å². The molecule has 364 valence electrons. The molecule has 0 heterocycles. The molecule has 0 radical (unpaired) electrons. The molecule has 0 aromatic heterocycles. The Morgan fingerprint density at radius 1 is 0.606 bits per heavy atom. The quantitative estimate of drug-likeness (QED) is 0.0252. The zero-order valence-corrected chi connectivity index (χ0v) is 39.0. The first-order valence-corrected chi connectivity index (χ1v) is 21.5. The fourth-order valence-corrected chi connectivity index (χ4v) is 6.57. The summed E-state index contributed by atoms with van der Waals surface area (Å²) >= 11 is 0. The van der Waals surface area contributed by atoms with E-state index in [-0.39, 0.29) is 87.9 Å². The summed E-state index contributed by atoms with van der Waals surface area (Å²) in [6, 6.07) is 25.0. The highest BCUT2D eigenvalue weighted by atomic mass is 16.5. The van der Waals surface area contributed by atoms with Crippen LogP contribution in [0.15, 0.2) is 141 Å². The van der Waals surface area contributed by atoms with Crippen molar-refractivity contribution in [3.63, 3.8) is 0 Å². The maximum Gasteiger partial charge on any atom is 0.339 e. The number of nitriles is 1. The third-order valence-corrected chi connectivity index (χ3v) is 10.0. The van der Waals surface area contributed by atoms with Gasteiger partial charge >= 0.3 is 5.97 Å². The van der Waals surface area contributed by atoms with Crippen LogP contribution in [-0.2, 0) is 9.59 Å². The summed E-state index contributed by atoms with van der Waals surface area (Å²) in [4.78, 5) is 78.6. The maximum atomic E-state index is 13.8. The van der Waals surface area contributed by atoms with E-state index < -0.39 is 35.6 Å². The minimum absolute atomic E-state index is 0.0130. The van der Waals surface area contributed by atoms with Crippen molar-refractivity contribution >= 4 is 64.3 Å². The van der Waals surface area contributed by atoms with Crippen molar-refractivity contribution in [1.29, 1.82) is 5.26 Å². The Morgan fingerprint density at radius 2 is 1.10 bits per heavy atom. The predicted octanol–water partition coefficient (Wildman–Crippen LogP) is 8.29. The minimum atomic E-state index is -1.28. The fourth-order valence-electron chi connectivity index (χ4n) is 6.57. The molecule has 5 aromatic rings. The third kappa shape index (κ3) is 14.0. The average molecular weight is 963 g/mol. The Bertz CT molecular complexity index is 2890. The van der Waals surface area contributed by atoms with Crippen LogP contribution in [0.25, 0.3) is 6.08 Å². The van der Waals surface area contributed by atoms with Gasteiger partial charge in [0, 0.05) is 28.1 Å². The Balaban J connectivity index is 1.22. The van der Waals surface area contributed by atoms with Gasteiger partial charge in [0.1, 0.15) is 37.2 Å². The summed E-state index contributed by atoms with van der Waals surface area (Å²) in [5, 5.41) is 32.6. The summed E-state index contributed by atoms with van der Waals surface area (Å²) in [5.41, 5.74) is 2.20. The first kappa shape index (κ1) is 52.3. The number of benzene rings is 5. The second-order valence-electron chi connectivity index (χ2n) is 14.9. The molecular formula is C53H50N6O12. The van der Waals surface area contributed by atoms with Crippen molar-refractivity contribution in [2.45, 2.75) is 19.4 Å². The van der Waals surface area contributed by atoms with Gasteiger partial charge in [0.15, 0.2) is 23.0 Å². The number of carbonyl (C=O) groups is 6. The molecule has 5 rings (SSSR count). The molecule has 0 fully saturated rings. The van der Waals surface area contributed by atoms with Gasteiger partial charge in [-0.05, 0) is 103 Å². The largest absolute Gasteiger partial charge is 0.491 e. The van der Waals surface area contributed by atoms with Crippen molar-refractivity contribution in [2.24, 2.45) is 0 Å². The number of nitrogens with zero attached hydrogens (tertiary/aromatic N) is 1. The van der Waals surface area contributed by atoms with Crippen LogP contribution >= 0.6 is 0 Å². The smallest absolute Gasteiger partial charge is 0.339 e. The molecule has 0 aliphatic heterocycles. The molecule has 6 N–H and O–H groups in total. The lowest BCUT2D eigenvalue weighted by molar-refractivity contribution is -0.118. The topological polar surface area (TPSA) is 253 Å². The van der Waals surface area contributed by atoms with Gasteiger partial charge in [-0.1, -0.05) is 50.1 Å². The highest BCUT2D eigenvalue weighted by Crippen LogP contribution is 2.42. The van der Waals surface area contributed by atoms with Crippen LogP contribution < -0.4 is 50.3 Å². The van der Waals surface area contributed by atoms with Gasteiger partial charge in [-0.3, -0.25) is 24.0 Å². The highest BCUT2D eigenvalue weighted by Gasteiger charge is 2.26. The van der Waals surface area contributed by atoms with E-state index >= 15 is 0 Å². The van der Waals surface area contributed by atoms with E-state index in [1.165, 1.54) is 99.2 Å². The maximum absolute atomic E-state index is 13.8. The number of aromatic carboxylic acids is 1. The van der Waals surface area contributed by atoms with Gasteiger partial charge in [0.25, 0.3) is 23.6 Å². The van der Waals surface area contributed by atoms with E-state index in [1.54, 1.807) is 31.2 Å². The lowest BCUT2D eigenvalue weighted by Gasteiger charge is -2.19. The normalized spacial score (nSPS) is 11.0. The Kier molecular flexibility index (Phi) is 18.8. The zero-order chi connectivity index (χ0) is 51.5. The van der Waals surface area contributed by atoms with Gasteiger partial charge in [-0.15, -0.1) is 0 Å². The van der Waals surface area contributed by atoms with Crippen molar-refractivity contribution < 1.29 is 57.6 Å². The van der Waals surface area contributed by atoms with E-state index in [9.17, 15) is 39.1 Å². The van der Waals surface area contributed by atoms with Crippen molar-refractivity contribution in [3.05, 3.63) is 168 Å². The molecule has 0 bridgehead atoms. The number of hydrogen-bond donors (Lipinski definition) is 6. The average Bonchev–Trinajstić information content (AvgIpc) is 3.37. The number of carbonyl (C=O) groups excluding carboxylic acids is 5. The molecule has 5 aromatic carbocycles. The first-order valence-electron chi connectivity index (χ1n) is 21.5. The van der Waals surface area contributed by atoms with Crippen LogP contribution in [0.4, 0.5) is 22.7 Å². The van der Waals surface area contributed by atoms with Crippen molar-refractivity contribution in [1.82, 2.24) is 5.32 Å². The zero-order valence-electron chi connectivity index (χ0n) is 39.0. The second kappa shape index (κ2) is 25.5. The molecule has 1 unspecified atom stereocenters.